The molecule has 140 valence electrons. The highest BCUT2D eigenvalue weighted by atomic mass is 16.6. The molecule has 0 aromatic carbocycles. The molecule has 27 heavy (non-hydrogen) atoms. The fraction of sp³-hybridized carbons (Fsp3) is 0.353. The highest BCUT2D eigenvalue weighted by Gasteiger charge is 2.31. The predicted octanol–water partition coefficient (Wildman–Crippen LogP) is 1.01. The number of rotatable bonds is 4. The van der Waals surface area contributed by atoms with E-state index >= 15 is 0 Å². The zero-order chi connectivity index (χ0) is 19.0. The summed E-state index contributed by atoms with van der Waals surface area (Å²) in [6.45, 7) is 3.66. The van der Waals surface area contributed by atoms with Crippen LogP contribution in [0.2, 0.25) is 0 Å². The van der Waals surface area contributed by atoms with E-state index in [9.17, 15) is 14.9 Å². The van der Waals surface area contributed by atoms with E-state index in [1.165, 1.54) is 10.6 Å². The molecule has 1 fully saturated rings. The SMILES string of the molecule is Cc1cnn(CC2CN(c3nc4ccccn4c(=O)c3[N+](=O)[O-])CCO2)c1. The summed E-state index contributed by atoms with van der Waals surface area (Å²) in [6.07, 6.45) is 4.93. The molecule has 0 bridgehead atoms. The van der Waals surface area contributed by atoms with Gasteiger partial charge in [0.15, 0.2) is 0 Å². The quantitative estimate of drug-likeness (QED) is 0.498. The van der Waals surface area contributed by atoms with E-state index in [0.29, 0.717) is 31.9 Å². The van der Waals surface area contributed by atoms with Gasteiger partial charge in [0.05, 0.1) is 30.4 Å². The number of hydrogen-bond acceptors (Lipinski definition) is 7. The van der Waals surface area contributed by atoms with Crippen LogP contribution >= 0.6 is 0 Å². The highest BCUT2D eigenvalue weighted by molar-refractivity contribution is 5.61. The predicted molar refractivity (Wildman–Crippen MR) is 97.0 cm³/mol. The fourth-order valence-electron chi connectivity index (χ4n) is 3.25. The summed E-state index contributed by atoms with van der Waals surface area (Å²) >= 11 is 0. The second kappa shape index (κ2) is 6.80. The zero-order valence-corrected chi connectivity index (χ0v) is 14.7. The average molecular weight is 370 g/mol. The van der Waals surface area contributed by atoms with E-state index in [2.05, 4.69) is 10.1 Å². The molecule has 10 heteroatoms. The Kier molecular flexibility index (Phi) is 4.32. The summed E-state index contributed by atoms with van der Waals surface area (Å²) < 4.78 is 8.74. The number of hydrogen-bond donors (Lipinski definition) is 0. The molecule has 0 amide bonds. The van der Waals surface area contributed by atoms with Crippen LogP contribution in [0, 0.1) is 17.0 Å². The van der Waals surface area contributed by atoms with Gasteiger partial charge in [-0.05, 0) is 24.6 Å². The smallest absolute Gasteiger partial charge is 0.373 e. The first kappa shape index (κ1) is 17.2. The molecule has 1 aliphatic heterocycles. The van der Waals surface area contributed by atoms with Gasteiger partial charge in [0.25, 0.3) is 0 Å². The molecule has 3 aromatic heterocycles. The highest BCUT2D eigenvalue weighted by Crippen LogP contribution is 2.25. The van der Waals surface area contributed by atoms with Crippen molar-refractivity contribution in [3.05, 3.63) is 62.8 Å². The fourth-order valence-corrected chi connectivity index (χ4v) is 3.25. The maximum absolute atomic E-state index is 12.6. The van der Waals surface area contributed by atoms with Crippen LogP contribution in [-0.2, 0) is 11.3 Å². The van der Waals surface area contributed by atoms with Crippen molar-refractivity contribution >= 4 is 17.2 Å². The lowest BCUT2D eigenvalue weighted by Crippen LogP contribution is -2.45. The second-order valence-corrected chi connectivity index (χ2v) is 6.45. The summed E-state index contributed by atoms with van der Waals surface area (Å²) in [6, 6.07) is 5.02. The molecule has 4 heterocycles. The van der Waals surface area contributed by atoms with Crippen LogP contribution in [0.15, 0.2) is 41.6 Å². The molecular formula is C17H18N6O4. The van der Waals surface area contributed by atoms with Crippen LogP contribution < -0.4 is 10.5 Å². The summed E-state index contributed by atoms with van der Waals surface area (Å²) in [7, 11) is 0. The van der Waals surface area contributed by atoms with Gasteiger partial charge in [0, 0.05) is 25.5 Å². The minimum absolute atomic E-state index is 0.0844. The van der Waals surface area contributed by atoms with Crippen LogP contribution in [-0.4, -0.2) is 49.9 Å². The molecule has 1 unspecified atom stereocenters. The molecule has 1 atom stereocenters. The zero-order valence-electron chi connectivity index (χ0n) is 14.7. The maximum Gasteiger partial charge on any atom is 0.376 e. The third-order valence-electron chi connectivity index (χ3n) is 4.47. The summed E-state index contributed by atoms with van der Waals surface area (Å²) in [5.41, 5.74) is 0.206. The van der Waals surface area contributed by atoms with Gasteiger partial charge in [0.1, 0.15) is 5.65 Å². The molecule has 4 rings (SSSR count). The van der Waals surface area contributed by atoms with Gasteiger partial charge >= 0.3 is 11.2 Å². The van der Waals surface area contributed by atoms with Crippen molar-refractivity contribution in [2.45, 2.75) is 19.6 Å². The van der Waals surface area contributed by atoms with Crippen molar-refractivity contribution in [1.82, 2.24) is 19.2 Å². The Labute approximate surface area is 153 Å². The number of anilines is 1. The molecule has 3 aromatic rings. The third kappa shape index (κ3) is 3.26. The van der Waals surface area contributed by atoms with E-state index in [1.807, 2.05) is 13.1 Å². The molecule has 1 saturated heterocycles. The minimum Gasteiger partial charge on any atom is -0.373 e. The van der Waals surface area contributed by atoms with E-state index in [0.717, 1.165) is 5.56 Å². The number of aromatic nitrogens is 4. The van der Waals surface area contributed by atoms with Gasteiger partial charge in [0.2, 0.25) is 5.82 Å². The molecule has 0 aliphatic carbocycles. The Hall–Kier alpha value is -3.27. The number of pyridine rings is 1. The molecule has 0 N–H and O–H groups in total. The number of ether oxygens (including phenoxy) is 1. The number of nitrogens with zero attached hydrogens (tertiary/aromatic N) is 6. The van der Waals surface area contributed by atoms with Crippen molar-refractivity contribution < 1.29 is 9.66 Å². The number of morpholine rings is 1. The van der Waals surface area contributed by atoms with E-state index < -0.39 is 16.2 Å². The standard InChI is InChI=1S/C17H18N6O4/c1-12-8-18-21(9-12)11-13-10-20(6-7-27-13)16-15(23(25)26)17(24)22-5-3-2-4-14(22)19-16/h2-5,8-9,13H,6-7,10-11H2,1H3. The molecular weight excluding hydrogens is 352 g/mol. The average Bonchev–Trinajstić information content (AvgIpc) is 3.06. The molecule has 10 nitrogen and oxygen atoms in total. The van der Waals surface area contributed by atoms with Crippen molar-refractivity contribution in [3.63, 3.8) is 0 Å². The molecule has 1 aliphatic rings. The molecule has 0 saturated carbocycles. The monoisotopic (exact) mass is 370 g/mol. The summed E-state index contributed by atoms with van der Waals surface area (Å²) in [4.78, 5) is 29.7. The number of fused-ring (bicyclic) bond motifs is 1. The number of aryl methyl sites for hydroxylation is 1. The number of nitro groups is 1. The topological polar surface area (TPSA) is 108 Å². The maximum atomic E-state index is 12.6. The van der Waals surface area contributed by atoms with Gasteiger partial charge in [-0.25, -0.2) is 4.98 Å². The van der Waals surface area contributed by atoms with Crippen LogP contribution in [0.4, 0.5) is 11.5 Å². The van der Waals surface area contributed by atoms with Crippen molar-refractivity contribution in [1.29, 1.82) is 0 Å². The van der Waals surface area contributed by atoms with Gasteiger partial charge in [-0.2, -0.15) is 5.10 Å². The van der Waals surface area contributed by atoms with Crippen molar-refractivity contribution in [2.75, 3.05) is 24.6 Å². The first-order valence-electron chi connectivity index (χ1n) is 8.54. The first-order chi connectivity index (χ1) is 13.0. The minimum atomic E-state index is -0.689. The van der Waals surface area contributed by atoms with Gasteiger partial charge in [-0.3, -0.25) is 24.0 Å². The lowest BCUT2D eigenvalue weighted by atomic mass is 10.2. The third-order valence-corrected chi connectivity index (χ3v) is 4.47. The van der Waals surface area contributed by atoms with E-state index in [1.54, 1.807) is 34.0 Å². The van der Waals surface area contributed by atoms with Crippen molar-refractivity contribution in [3.8, 4) is 0 Å². The Morgan fingerprint density at radius 1 is 1.41 bits per heavy atom. The van der Waals surface area contributed by atoms with Crippen LogP contribution in [0.1, 0.15) is 5.56 Å². The Bertz CT molecular complexity index is 1060. The van der Waals surface area contributed by atoms with Crippen molar-refractivity contribution in [2.24, 2.45) is 0 Å². The van der Waals surface area contributed by atoms with Gasteiger partial charge in [-0.15, -0.1) is 0 Å². The Morgan fingerprint density at radius 2 is 2.26 bits per heavy atom. The lowest BCUT2D eigenvalue weighted by Gasteiger charge is -2.33. The summed E-state index contributed by atoms with van der Waals surface area (Å²) in [5, 5.41) is 15.8. The second-order valence-electron chi connectivity index (χ2n) is 6.45. The van der Waals surface area contributed by atoms with Crippen LogP contribution in [0.3, 0.4) is 0 Å². The van der Waals surface area contributed by atoms with Gasteiger partial charge in [-0.1, -0.05) is 6.07 Å². The molecule has 0 spiro atoms. The van der Waals surface area contributed by atoms with Gasteiger partial charge < -0.3 is 9.64 Å². The van der Waals surface area contributed by atoms with Crippen LogP contribution in [0.5, 0.6) is 0 Å². The first-order valence-corrected chi connectivity index (χ1v) is 8.54. The lowest BCUT2D eigenvalue weighted by molar-refractivity contribution is -0.385. The van der Waals surface area contributed by atoms with Crippen LogP contribution in [0.25, 0.3) is 5.65 Å². The van der Waals surface area contributed by atoms with E-state index in [-0.39, 0.29) is 11.9 Å². The van der Waals surface area contributed by atoms with E-state index in [4.69, 9.17) is 4.74 Å². The summed E-state index contributed by atoms with van der Waals surface area (Å²) in [5.74, 6) is 0.0844. The Morgan fingerprint density at radius 3 is 3.00 bits per heavy atom. The Balaban J connectivity index is 1.69. The normalized spacial score (nSPS) is 17.4. The molecule has 0 radical (unpaired) electrons. The largest absolute Gasteiger partial charge is 0.376 e.